The SMILES string of the molecule is CC(NC(=O)/C=C/c1cnc(N(C)C)nc1)c1cn2ncsc2n1. The van der Waals surface area contributed by atoms with E-state index in [4.69, 9.17) is 0 Å². The van der Waals surface area contributed by atoms with E-state index in [0.717, 1.165) is 16.2 Å². The van der Waals surface area contributed by atoms with Gasteiger partial charge in [-0.1, -0.05) is 11.3 Å². The number of carbonyl (C=O) groups is 1. The molecule has 0 bridgehead atoms. The van der Waals surface area contributed by atoms with Crippen LogP contribution in [0.25, 0.3) is 11.0 Å². The van der Waals surface area contributed by atoms with Crippen LogP contribution in [0.15, 0.2) is 30.2 Å². The fraction of sp³-hybridized carbons (Fsp3) is 0.267. The number of nitrogens with one attached hydrogen (secondary N) is 1. The summed E-state index contributed by atoms with van der Waals surface area (Å²) in [6, 6.07) is -0.205. The van der Waals surface area contributed by atoms with Gasteiger partial charge in [0.05, 0.1) is 17.9 Å². The Morgan fingerprint density at radius 2 is 2.12 bits per heavy atom. The first-order valence-electron chi connectivity index (χ1n) is 7.29. The molecule has 0 aromatic carbocycles. The number of hydrogen-bond acceptors (Lipinski definition) is 7. The van der Waals surface area contributed by atoms with E-state index in [1.54, 1.807) is 28.5 Å². The van der Waals surface area contributed by atoms with E-state index in [-0.39, 0.29) is 11.9 Å². The van der Waals surface area contributed by atoms with Gasteiger partial charge in [0.2, 0.25) is 16.8 Å². The number of hydrogen-bond donors (Lipinski definition) is 1. The Morgan fingerprint density at radius 1 is 1.38 bits per heavy atom. The van der Waals surface area contributed by atoms with Gasteiger partial charge in [-0.15, -0.1) is 0 Å². The molecule has 0 fully saturated rings. The fourth-order valence-electron chi connectivity index (χ4n) is 2.02. The molecule has 0 spiro atoms. The average Bonchev–Trinajstić information content (AvgIpc) is 3.15. The smallest absolute Gasteiger partial charge is 0.244 e. The van der Waals surface area contributed by atoms with Crippen molar-refractivity contribution in [2.75, 3.05) is 19.0 Å². The summed E-state index contributed by atoms with van der Waals surface area (Å²) in [6.07, 6.45) is 8.29. The number of rotatable bonds is 5. The Hall–Kier alpha value is -2.81. The first-order valence-corrected chi connectivity index (χ1v) is 8.17. The summed E-state index contributed by atoms with van der Waals surface area (Å²) in [5, 5.41) is 7.00. The van der Waals surface area contributed by atoms with E-state index in [2.05, 4.69) is 25.4 Å². The minimum Gasteiger partial charge on any atom is -0.347 e. The van der Waals surface area contributed by atoms with Gasteiger partial charge in [0, 0.05) is 38.1 Å². The third kappa shape index (κ3) is 3.57. The Kier molecular flexibility index (Phi) is 4.52. The normalized spacial score (nSPS) is 12.6. The van der Waals surface area contributed by atoms with Gasteiger partial charge in [-0.25, -0.2) is 19.5 Å². The molecule has 9 heteroatoms. The number of fused-ring (bicyclic) bond motifs is 1. The number of anilines is 1. The molecule has 8 nitrogen and oxygen atoms in total. The fourth-order valence-corrected chi connectivity index (χ4v) is 2.63. The topological polar surface area (TPSA) is 88.3 Å². The van der Waals surface area contributed by atoms with Crippen molar-refractivity contribution in [1.82, 2.24) is 29.9 Å². The lowest BCUT2D eigenvalue weighted by Gasteiger charge is -2.09. The molecule has 3 rings (SSSR count). The van der Waals surface area contributed by atoms with Crippen molar-refractivity contribution in [3.8, 4) is 0 Å². The molecule has 0 saturated heterocycles. The molecule has 1 unspecified atom stereocenters. The molecule has 0 aliphatic rings. The highest BCUT2D eigenvalue weighted by Crippen LogP contribution is 2.15. The van der Waals surface area contributed by atoms with Crippen LogP contribution in [-0.2, 0) is 4.79 Å². The zero-order valence-electron chi connectivity index (χ0n) is 13.5. The van der Waals surface area contributed by atoms with Crippen molar-refractivity contribution in [3.05, 3.63) is 41.4 Å². The van der Waals surface area contributed by atoms with Crippen molar-refractivity contribution in [2.24, 2.45) is 0 Å². The highest BCUT2D eigenvalue weighted by Gasteiger charge is 2.12. The van der Waals surface area contributed by atoms with Gasteiger partial charge < -0.3 is 10.2 Å². The van der Waals surface area contributed by atoms with Gasteiger partial charge in [0.25, 0.3) is 0 Å². The van der Waals surface area contributed by atoms with E-state index in [9.17, 15) is 4.79 Å². The molecule has 0 radical (unpaired) electrons. The Balaban J connectivity index is 1.60. The predicted molar refractivity (Wildman–Crippen MR) is 92.8 cm³/mol. The summed E-state index contributed by atoms with van der Waals surface area (Å²) in [4.78, 5) is 27.5. The van der Waals surface area contributed by atoms with Crippen LogP contribution in [0.3, 0.4) is 0 Å². The second-order valence-corrected chi connectivity index (χ2v) is 6.22. The van der Waals surface area contributed by atoms with Gasteiger partial charge in [-0.3, -0.25) is 4.79 Å². The Morgan fingerprint density at radius 3 is 2.79 bits per heavy atom. The lowest BCUT2D eigenvalue weighted by atomic mass is 10.2. The molecule has 1 atom stereocenters. The predicted octanol–water partition coefficient (Wildman–Crippen LogP) is 1.54. The summed E-state index contributed by atoms with van der Waals surface area (Å²) >= 11 is 1.45. The summed E-state index contributed by atoms with van der Waals surface area (Å²) in [5.41, 5.74) is 3.26. The number of aromatic nitrogens is 5. The van der Waals surface area contributed by atoms with Crippen molar-refractivity contribution < 1.29 is 4.79 Å². The Bertz CT molecular complexity index is 837. The molecule has 124 valence electrons. The summed E-state index contributed by atoms with van der Waals surface area (Å²) in [5.74, 6) is 0.419. The number of nitrogens with zero attached hydrogens (tertiary/aromatic N) is 6. The molecule has 1 N–H and O–H groups in total. The van der Waals surface area contributed by atoms with Gasteiger partial charge in [-0.05, 0) is 13.0 Å². The highest BCUT2D eigenvalue weighted by atomic mass is 32.1. The monoisotopic (exact) mass is 343 g/mol. The molecule has 3 aromatic heterocycles. The maximum absolute atomic E-state index is 12.0. The first kappa shape index (κ1) is 16.1. The van der Waals surface area contributed by atoms with E-state index in [1.165, 1.54) is 17.4 Å². The number of imidazole rings is 1. The minimum absolute atomic E-state index is 0.205. The van der Waals surface area contributed by atoms with Crippen molar-refractivity contribution in [2.45, 2.75) is 13.0 Å². The van der Waals surface area contributed by atoms with Gasteiger partial charge in [0.1, 0.15) is 5.51 Å². The Labute approximate surface area is 142 Å². The standard InChI is InChI=1S/C15H17N7OS/c1-10(12-8-22-15(20-12)24-9-18-22)19-13(23)5-4-11-6-16-14(17-7-11)21(2)3/h4-10H,1-3H3,(H,19,23)/b5-4+. The zero-order valence-corrected chi connectivity index (χ0v) is 14.4. The molecular formula is C15H17N7OS. The summed E-state index contributed by atoms with van der Waals surface area (Å²) in [7, 11) is 3.74. The molecule has 24 heavy (non-hydrogen) atoms. The zero-order chi connectivity index (χ0) is 17.1. The van der Waals surface area contributed by atoms with Crippen LogP contribution in [0.5, 0.6) is 0 Å². The van der Waals surface area contributed by atoms with Crippen LogP contribution in [0.1, 0.15) is 24.2 Å². The van der Waals surface area contributed by atoms with Crippen LogP contribution in [0, 0.1) is 0 Å². The largest absolute Gasteiger partial charge is 0.347 e. The lowest BCUT2D eigenvalue weighted by Crippen LogP contribution is -2.24. The van der Waals surface area contributed by atoms with E-state index >= 15 is 0 Å². The molecule has 3 heterocycles. The minimum atomic E-state index is -0.205. The van der Waals surface area contributed by atoms with Crippen molar-refractivity contribution in [1.29, 1.82) is 0 Å². The van der Waals surface area contributed by atoms with E-state index in [0.29, 0.717) is 5.95 Å². The quantitative estimate of drug-likeness (QED) is 0.707. The number of amides is 1. The third-order valence-electron chi connectivity index (χ3n) is 3.29. The molecule has 0 aliphatic carbocycles. The molecule has 1 amide bonds. The van der Waals surface area contributed by atoms with Crippen LogP contribution in [0.2, 0.25) is 0 Å². The second-order valence-electron chi connectivity index (χ2n) is 5.41. The lowest BCUT2D eigenvalue weighted by molar-refractivity contribution is -0.117. The molecule has 0 saturated carbocycles. The maximum atomic E-state index is 12.0. The van der Waals surface area contributed by atoms with E-state index in [1.807, 2.05) is 32.1 Å². The van der Waals surface area contributed by atoms with Crippen molar-refractivity contribution in [3.63, 3.8) is 0 Å². The van der Waals surface area contributed by atoms with Crippen LogP contribution < -0.4 is 10.2 Å². The van der Waals surface area contributed by atoms with Gasteiger partial charge in [0.15, 0.2) is 0 Å². The maximum Gasteiger partial charge on any atom is 0.244 e. The van der Waals surface area contributed by atoms with Crippen LogP contribution in [0.4, 0.5) is 5.95 Å². The summed E-state index contributed by atoms with van der Waals surface area (Å²) in [6.45, 7) is 1.88. The van der Waals surface area contributed by atoms with Gasteiger partial charge in [-0.2, -0.15) is 5.10 Å². The molecule has 0 aliphatic heterocycles. The van der Waals surface area contributed by atoms with Crippen molar-refractivity contribution >= 4 is 34.2 Å². The first-order chi connectivity index (χ1) is 11.5. The molecule has 3 aromatic rings. The average molecular weight is 343 g/mol. The van der Waals surface area contributed by atoms with Crippen LogP contribution in [-0.4, -0.2) is 44.6 Å². The van der Waals surface area contributed by atoms with Crippen LogP contribution >= 0.6 is 11.3 Å². The second kappa shape index (κ2) is 6.75. The van der Waals surface area contributed by atoms with E-state index < -0.39 is 0 Å². The molecular weight excluding hydrogens is 326 g/mol. The summed E-state index contributed by atoms with van der Waals surface area (Å²) < 4.78 is 1.70. The van der Waals surface area contributed by atoms with Gasteiger partial charge >= 0.3 is 0 Å². The highest BCUT2D eigenvalue weighted by molar-refractivity contribution is 7.14. The number of carbonyl (C=O) groups excluding carboxylic acids is 1. The third-order valence-corrected chi connectivity index (χ3v) is 3.98.